The monoisotopic (exact) mass is 259 g/mol. The minimum atomic E-state index is 0.545. The van der Waals surface area contributed by atoms with Crippen LogP contribution in [0.4, 0.5) is 0 Å². The molecule has 1 unspecified atom stereocenters. The first-order valence-corrected chi connectivity index (χ1v) is 7.44. The maximum absolute atomic E-state index is 5.63. The predicted octanol–water partition coefficient (Wildman–Crippen LogP) is 1.71. The Morgan fingerprint density at radius 1 is 1.21 bits per heavy atom. The molecule has 1 aromatic carbocycles. The van der Waals surface area contributed by atoms with E-state index in [-0.39, 0.29) is 0 Å². The lowest BCUT2D eigenvalue weighted by molar-refractivity contribution is 0.00824. The fourth-order valence-electron chi connectivity index (χ4n) is 3.74. The quantitative estimate of drug-likeness (QED) is 0.893. The van der Waals surface area contributed by atoms with Crippen LogP contribution < -0.4 is 5.73 Å². The molecule has 0 aromatic heterocycles. The van der Waals surface area contributed by atoms with E-state index in [9.17, 15) is 0 Å². The summed E-state index contributed by atoms with van der Waals surface area (Å²) >= 11 is 0. The van der Waals surface area contributed by atoms with Crippen LogP contribution in [0.2, 0.25) is 0 Å². The molecule has 0 saturated carbocycles. The average molecular weight is 259 g/mol. The molecular formula is C16H25N3. The zero-order chi connectivity index (χ0) is 13.3. The molecule has 2 N–H and O–H groups in total. The Bertz CT molecular complexity index is 411. The summed E-state index contributed by atoms with van der Waals surface area (Å²) in [5.74, 6) is 0. The van der Waals surface area contributed by atoms with Crippen molar-refractivity contribution in [3.8, 4) is 0 Å². The molecule has 1 aromatic rings. The molecular weight excluding hydrogens is 234 g/mol. The topological polar surface area (TPSA) is 32.5 Å². The van der Waals surface area contributed by atoms with E-state index in [1.165, 1.54) is 38.2 Å². The highest BCUT2D eigenvalue weighted by Gasteiger charge is 2.47. The summed E-state index contributed by atoms with van der Waals surface area (Å²) in [5.41, 5.74) is 7.64. The zero-order valence-electron chi connectivity index (χ0n) is 11.9. The molecule has 0 aliphatic carbocycles. The maximum atomic E-state index is 5.63. The van der Waals surface area contributed by atoms with Gasteiger partial charge >= 0.3 is 0 Å². The minimum Gasteiger partial charge on any atom is -0.329 e. The van der Waals surface area contributed by atoms with Crippen LogP contribution in [0.1, 0.15) is 24.9 Å². The van der Waals surface area contributed by atoms with E-state index in [1.807, 2.05) is 0 Å². The number of rotatable bonds is 4. The Kier molecular flexibility index (Phi) is 3.61. The third-order valence-electron chi connectivity index (χ3n) is 4.86. The lowest BCUT2D eigenvalue weighted by Gasteiger charge is -2.48. The summed E-state index contributed by atoms with van der Waals surface area (Å²) in [6, 6.07) is 11.4. The number of likely N-dealkylation sites (tertiary alicyclic amines) is 2. The van der Waals surface area contributed by atoms with E-state index in [1.54, 1.807) is 0 Å². The van der Waals surface area contributed by atoms with Crippen LogP contribution in [0.15, 0.2) is 30.3 Å². The average Bonchev–Trinajstić information content (AvgIpc) is 2.84. The van der Waals surface area contributed by atoms with Crippen LogP contribution in [0.5, 0.6) is 0 Å². The Labute approximate surface area is 116 Å². The van der Waals surface area contributed by atoms with Gasteiger partial charge in [0.15, 0.2) is 0 Å². The Morgan fingerprint density at radius 3 is 2.63 bits per heavy atom. The SMILES string of the molecule is CC(c1ccccc1)N1CCC2(CN(CCN)C2)C1. The molecule has 19 heavy (non-hydrogen) atoms. The third-order valence-corrected chi connectivity index (χ3v) is 4.86. The molecule has 1 atom stereocenters. The minimum absolute atomic E-state index is 0.545. The molecule has 0 radical (unpaired) electrons. The van der Waals surface area contributed by atoms with Crippen molar-refractivity contribution in [2.24, 2.45) is 11.1 Å². The molecule has 104 valence electrons. The van der Waals surface area contributed by atoms with Gasteiger partial charge in [0.1, 0.15) is 0 Å². The highest BCUT2D eigenvalue weighted by atomic mass is 15.3. The van der Waals surface area contributed by atoms with Crippen molar-refractivity contribution in [1.82, 2.24) is 9.80 Å². The molecule has 2 saturated heterocycles. The smallest absolute Gasteiger partial charge is 0.0320 e. The normalized spacial score (nSPS) is 24.5. The van der Waals surface area contributed by atoms with Crippen molar-refractivity contribution in [1.29, 1.82) is 0 Å². The van der Waals surface area contributed by atoms with Crippen LogP contribution in [0, 0.1) is 5.41 Å². The standard InChI is InChI=1S/C16H25N3/c1-14(15-5-3-2-4-6-15)19-9-7-16(13-19)11-18(12-16)10-8-17/h2-6,14H,7-13,17H2,1H3. The van der Waals surface area contributed by atoms with Crippen LogP contribution in [0.25, 0.3) is 0 Å². The van der Waals surface area contributed by atoms with Gasteiger partial charge in [-0.15, -0.1) is 0 Å². The molecule has 2 aliphatic rings. The van der Waals surface area contributed by atoms with Crippen LogP contribution >= 0.6 is 0 Å². The summed E-state index contributed by atoms with van der Waals surface area (Å²) in [4.78, 5) is 5.14. The van der Waals surface area contributed by atoms with Gasteiger partial charge in [0, 0.05) is 44.2 Å². The molecule has 3 rings (SSSR count). The van der Waals surface area contributed by atoms with Gasteiger partial charge in [-0.2, -0.15) is 0 Å². The number of benzene rings is 1. The fourth-order valence-corrected chi connectivity index (χ4v) is 3.74. The predicted molar refractivity (Wildman–Crippen MR) is 79.0 cm³/mol. The van der Waals surface area contributed by atoms with Gasteiger partial charge in [0.25, 0.3) is 0 Å². The van der Waals surface area contributed by atoms with Crippen LogP contribution in [0.3, 0.4) is 0 Å². The fraction of sp³-hybridized carbons (Fsp3) is 0.625. The lowest BCUT2D eigenvalue weighted by Crippen LogP contribution is -2.58. The van der Waals surface area contributed by atoms with E-state index in [2.05, 4.69) is 47.1 Å². The van der Waals surface area contributed by atoms with Gasteiger partial charge in [-0.3, -0.25) is 4.90 Å². The van der Waals surface area contributed by atoms with E-state index < -0.39 is 0 Å². The second kappa shape index (κ2) is 5.23. The molecule has 2 heterocycles. The molecule has 0 bridgehead atoms. The first-order valence-electron chi connectivity index (χ1n) is 7.44. The summed E-state index contributed by atoms with van der Waals surface area (Å²) in [5, 5.41) is 0. The number of hydrogen-bond acceptors (Lipinski definition) is 3. The van der Waals surface area contributed by atoms with Crippen molar-refractivity contribution in [3.63, 3.8) is 0 Å². The van der Waals surface area contributed by atoms with Gasteiger partial charge in [-0.05, 0) is 25.5 Å². The van der Waals surface area contributed by atoms with E-state index >= 15 is 0 Å². The zero-order valence-corrected chi connectivity index (χ0v) is 11.9. The summed E-state index contributed by atoms with van der Waals surface area (Å²) < 4.78 is 0. The summed E-state index contributed by atoms with van der Waals surface area (Å²) in [6.45, 7) is 9.20. The number of nitrogens with two attached hydrogens (primary N) is 1. The molecule has 3 heteroatoms. The van der Waals surface area contributed by atoms with Gasteiger partial charge in [0.05, 0.1) is 0 Å². The molecule has 2 fully saturated rings. The van der Waals surface area contributed by atoms with Gasteiger partial charge in [-0.1, -0.05) is 30.3 Å². The Morgan fingerprint density at radius 2 is 1.95 bits per heavy atom. The van der Waals surface area contributed by atoms with Crippen molar-refractivity contribution >= 4 is 0 Å². The lowest BCUT2D eigenvalue weighted by atomic mass is 9.79. The second-order valence-corrected chi connectivity index (χ2v) is 6.31. The van der Waals surface area contributed by atoms with Crippen molar-refractivity contribution in [2.75, 3.05) is 39.3 Å². The van der Waals surface area contributed by atoms with Gasteiger partial charge in [-0.25, -0.2) is 0 Å². The molecule has 1 spiro atoms. The van der Waals surface area contributed by atoms with Crippen molar-refractivity contribution in [2.45, 2.75) is 19.4 Å². The van der Waals surface area contributed by atoms with E-state index in [4.69, 9.17) is 5.73 Å². The van der Waals surface area contributed by atoms with E-state index in [0.29, 0.717) is 11.5 Å². The largest absolute Gasteiger partial charge is 0.329 e. The Balaban J connectivity index is 1.58. The summed E-state index contributed by atoms with van der Waals surface area (Å²) in [6.07, 6.45) is 1.35. The van der Waals surface area contributed by atoms with Crippen LogP contribution in [-0.4, -0.2) is 49.1 Å². The molecule has 2 aliphatic heterocycles. The first kappa shape index (κ1) is 13.1. The maximum Gasteiger partial charge on any atom is 0.0320 e. The number of hydrogen-bond donors (Lipinski definition) is 1. The second-order valence-electron chi connectivity index (χ2n) is 6.31. The molecule has 3 nitrogen and oxygen atoms in total. The molecule has 0 amide bonds. The van der Waals surface area contributed by atoms with Gasteiger partial charge < -0.3 is 10.6 Å². The van der Waals surface area contributed by atoms with Crippen molar-refractivity contribution < 1.29 is 0 Å². The van der Waals surface area contributed by atoms with E-state index in [0.717, 1.165) is 13.1 Å². The number of nitrogens with zero attached hydrogens (tertiary/aromatic N) is 2. The highest BCUT2D eigenvalue weighted by Crippen LogP contribution is 2.41. The summed E-state index contributed by atoms with van der Waals surface area (Å²) in [7, 11) is 0. The van der Waals surface area contributed by atoms with Crippen molar-refractivity contribution in [3.05, 3.63) is 35.9 Å². The third kappa shape index (κ3) is 2.55. The Hall–Kier alpha value is -0.900. The first-order chi connectivity index (χ1) is 9.22. The highest BCUT2D eigenvalue weighted by molar-refractivity contribution is 5.19. The van der Waals surface area contributed by atoms with Gasteiger partial charge in [0.2, 0.25) is 0 Å². The van der Waals surface area contributed by atoms with Crippen LogP contribution in [-0.2, 0) is 0 Å².